The summed E-state index contributed by atoms with van der Waals surface area (Å²) in [4.78, 5) is 0. The Hall–Kier alpha value is -1.15. The van der Waals surface area contributed by atoms with Crippen LogP contribution in [-0.2, 0) is 10.9 Å². The smallest absolute Gasteiger partial charge is 0.394 e. The van der Waals surface area contributed by atoms with Crippen LogP contribution in [0.15, 0.2) is 24.3 Å². The average Bonchev–Trinajstić information content (AvgIpc) is 2.45. The molecule has 1 aromatic rings. The molecule has 0 bridgehead atoms. The molecule has 1 unspecified atom stereocenters. The van der Waals surface area contributed by atoms with Crippen molar-refractivity contribution in [3.63, 3.8) is 0 Å². The molecule has 0 amide bonds. The zero-order valence-corrected chi connectivity index (χ0v) is 11.6. The third kappa shape index (κ3) is 6.90. The number of ether oxygens (including phenoxy) is 1. The molecule has 7 heteroatoms. The van der Waals surface area contributed by atoms with Gasteiger partial charge in [0.05, 0.1) is 24.9 Å². The minimum absolute atomic E-state index is 0.0138. The van der Waals surface area contributed by atoms with Gasteiger partial charge >= 0.3 is 6.18 Å². The maximum Gasteiger partial charge on any atom is 0.416 e. The van der Waals surface area contributed by atoms with E-state index in [0.717, 1.165) is 18.6 Å². The minimum Gasteiger partial charge on any atom is -0.394 e. The van der Waals surface area contributed by atoms with Crippen molar-refractivity contribution in [2.75, 3.05) is 32.9 Å². The van der Waals surface area contributed by atoms with Gasteiger partial charge in [-0.3, -0.25) is 0 Å². The predicted molar refractivity (Wildman–Crippen MR) is 71.8 cm³/mol. The third-order valence-corrected chi connectivity index (χ3v) is 2.84. The van der Waals surface area contributed by atoms with E-state index in [2.05, 4.69) is 5.32 Å². The third-order valence-electron chi connectivity index (χ3n) is 2.84. The van der Waals surface area contributed by atoms with Crippen molar-refractivity contribution in [3.8, 4) is 0 Å². The lowest BCUT2D eigenvalue weighted by Gasteiger charge is -2.13. The summed E-state index contributed by atoms with van der Waals surface area (Å²) in [7, 11) is 0. The maximum absolute atomic E-state index is 12.4. The Bertz CT molecular complexity index is 395. The molecule has 4 nitrogen and oxygen atoms in total. The number of nitrogens with one attached hydrogen (secondary N) is 1. The van der Waals surface area contributed by atoms with Crippen LogP contribution < -0.4 is 5.32 Å². The van der Waals surface area contributed by atoms with Crippen LogP contribution in [0.1, 0.15) is 23.7 Å². The molecule has 3 N–H and O–H groups in total. The lowest BCUT2D eigenvalue weighted by Crippen LogP contribution is -2.23. The monoisotopic (exact) mass is 307 g/mol. The first-order valence-electron chi connectivity index (χ1n) is 6.69. The highest BCUT2D eigenvalue weighted by molar-refractivity contribution is 5.26. The van der Waals surface area contributed by atoms with E-state index < -0.39 is 17.8 Å². The summed E-state index contributed by atoms with van der Waals surface area (Å²) in [5.74, 6) is 0. The summed E-state index contributed by atoms with van der Waals surface area (Å²) in [6, 6.07) is 4.47. The van der Waals surface area contributed by atoms with E-state index in [-0.39, 0.29) is 13.2 Å². The summed E-state index contributed by atoms with van der Waals surface area (Å²) < 4.78 is 42.2. The molecule has 0 saturated heterocycles. The molecule has 21 heavy (non-hydrogen) atoms. The summed E-state index contributed by atoms with van der Waals surface area (Å²) in [6.45, 7) is 1.66. The standard InChI is InChI=1S/C14H20F3NO3/c15-14(16,17)12-4-2-11(3-5-12)13(20)10-18-6-1-8-21-9-7-19/h2-5,13,18-20H,1,6-10H2. The summed E-state index contributed by atoms with van der Waals surface area (Å²) in [5.41, 5.74) is -0.292. The number of aliphatic hydroxyl groups excluding tert-OH is 2. The van der Waals surface area contributed by atoms with Crippen LogP contribution in [0, 0.1) is 0 Å². The first-order valence-corrected chi connectivity index (χ1v) is 6.69. The van der Waals surface area contributed by atoms with Crippen molar-refractivity contribution in [2.45, 2.75) is 18.7 Å². The highest BCUT2D eigenvalue weighted by Gasteiger charge is 2.30. The van der Waals surface area contributed by atoms with E-state index in [1.54, 1.807) is 0 Å². The Morgan fingerprint density at radius 3 is 2.38 bits per heavy atom. The van der Waals surface area contributed by atoms with E-state index in [4.69, 9.17) is 9.84 Å². The van der Waals surface area contributed by atoms with Crippen LogP contribution in [0.2, 0.25) is 0 Å². The van der Waals surface area contributed by atoms with Crippen LogP contribution in [0.4, 0.5) is 13.2 Å². The molecular weight excluding hydrogens is 287 g/mol. The Labute approximate surface area is 121 Å². The van der Waals surface area contributed by atoms with E-state index in [9.17, 15) is 18.3 Å². The van der Waals surface area contributed by atoms with E-state index in [0.29, 0.717) is 25.3 Å². The number of aliphatic hydroxyl groups is 2. The molecule has 0 spiro atoms. The van der Waals surface area contributed by atoms with Gasteiger partial charge in [0.25, 0.3) is 0 Å². The second-order valence-electron chi connectivity index (χ2n) is 4.53. The summed E-state index contributed by atoms with van der Waals surface area (Å²) in [6.07, 6.45) is -4.50. The second kappa shape index (κ2) is 8.99. The van der Waals surface area contributed by atoms with Gasteiger partial charge in [-0.25, -0.2) is 0 Å². The van der Waals surface area contributed by atoms with E-state index in [1.807, 2.05) is 0 Å². The van der Waals surface area contributed by atoms with Gasteiger partial charge in [-0.1, -0.05) is 12.1 Å². The van der Waals surface area contributed by atoms with Gasteiger partial charge in [0.1, 0.15) is 0 Å². The average molecular weight is 307 g/mol. The zero-order valence-electron chi connectivity index (χ0n) is 11.6. The largest absolute Gasteiger partial charge is 0.416 e. The fraction of sp³-hybridized carbons (Fsp3) is 0.571. The van der Waals surface area contributed by atoms with Crippen LogP contribution in [-0.4, -0.2) is 43.1 Å². The van der Waals surface area contributed by atoms with E-state index >= 15 is 0 Å². The van der Waals surface area contributed by atoms with Crippen molar-refractivity contribution in [1.29, 1.82) is 0 Å². The van der Waals surface area contributed by atoms with Crippen molar-refractivity contribution >= 4 is 0 Å². The van der Waals surface area contributed by atoms with E-state index in [1.165, 1.54) is 12.1 Å². The second-order valence-corrected chi connectivity index (χ2v) is 4.53. The van der Waals surface area contributed by atoms with Crippen LogP contribution in [0.25, 0.3) is 0 Å². The molecule has 0 saturated carbocycles. The quantitative estimate of drug-likeness (QED) is 0.608. The highest BCUT2D eigenvalue weighted by Crippen LogP contribution is 2.29. The van der Waals surface area contributed by atoms with Gasteiger partial charge < -0.3 is 20.3 Å². The van der Waals surface area contributed by atoms with Crippen LogP contribution in [0.5, 0.6) is 0 Å². The number of hydrogen-bond donors (Lipinski definition) is 3. The van der Waals surface area contributed by atoms with Crippen LogP contribution >= 0.6 is 0 Å². The normalized spacial score (nSPS) is 13.4. The first-order chi connectivity index (χ1) is 9.95. The van der Waals surface area contributed by atoms with Crippen molar-refractivity contribution < 1.29 is 28.1 Å². The number of benzene rings is 1. The number of hydrogen-bond acceptors (Lipinski definition) is 4. The molecular formula is C14H20F3NO3. The molecule has 0 heterocycles. The molecule has 120 valence electrons. The molecule has 1 rings (SSSR count). The molecule has 0 aliphatic carbocycles. The Morgan fingerprint density at radius 1 is 1.14 bits per heavy atom. The Kier molecular flexibility index (Phi) is 7.66. The van der Waals surface area contributed by atoms with Gasteiger partial charge in [-0.2, -0.15) is 13.2 Å². The number of halogens is 3. The number of rotatable bonds is 9. The first kappa shape index (κ1) is 17.9. The molecule has 0 radical (unpaired) electrons. The van der Waals surface area contributed by atoms with Gasteiger partial charge in [0.2, 0.25) is 0 Å². The zero-order chi connectivity index (χ0) is 15.7. The van der Waals surface area contributed by atoms with Crippen molar-refractivity contribution in [2.24, 2.45) is 0 Å². The minimum atomic E-state index is -4.36. The Morgan fingerprint density at radius 2 is 1.81 bits per heavy atom. The SMILES string of the molecule is OCCOCCCNCC(O)c1ccc(C(F)(F)F)cc1. The molecule has 0 fully saturated rings. The lowest BCUT2D eigenvalue weighted by molar-refractivity contribution is -0.137. The predicted octanol–water partition coefficient (Wildman–Crippen LogP) is 1.73. The van der Waals surface area contributed by atoms with Crippen molar-refractivity contribution in [3.05, 3.63) is 35.4 Å². The molecule has 0 aliphatic heterocycles. The van der Waals surface area contributed by atoms with Gasteiger partial charge in [-0.05, 0) is 30.7 Å². The lowest BCUT2D eigenvalue weighted by atomic mass is 10.1. The fourth-order valence-corrected chi connectivity index (χ4v) is 1.72. The topological polar surface area (TPSA) is 61.7 Å². The summed E-state index contributed by atoms with van der Waals surface area (Å²) >= 11 is 0. The molecule has 1 atom stereocenters. The number of alkyl halides is 3. The van der Waals surface area contributed by atoms with Gasteiger partial charge in [0.15, 0.2) is 0 Å². The van der Waals surface area contributed by atoms with Crippen molar-refractivity contribution in [1.82, 2.24) is 5.32 Å². The maximum atomic E-state index is 12.4. The summed E-state index contributed by atoms with van der Waals surface area (Å²) in [5, 5.41) is 21.3. The van der Waals surface area contributed by atoms with Gasteiger partial charge in [-0.15, -0.1) is 0 Å². The molecule has 1 aromatic carbocycles. The Balaban J connectivity index is 2.27. The van der Waals surface area contributed by atoms with Crippen LogP contribution in [0.3, 0.4) is 0 Å². The fourth-order valence-electron chi connectivity index (χ4n) is 1.72. The van der Waals surface area contributed by atoms with Gasteiger partial charge in [0, 0.05) is 13.2 Å². The molecule has 0 aliphatic rings. The molecule has 0 aromatic heterocycles. The highest BCUT2D eigenvalue weighted by atomic mass is 19.4.